The molecule has 0 aliphatic heterocycles. The van der Waals surface area contributed by atoms with Crippen LogP contribution in [-0.2, 0) is 19.1 Å². The van der Waals surface area contributed by atoms with Gasteiger partial charge in [-0.25, -0.2) is 4.79 Å². The van der Waals surface area contributed by atoms with Crippen LogP contribution in [0.1, 0.15) is 12.0 Å². The van der Waals surface area contributed by atoms with E-state index in [4.69, 9.17) is 5.11 Å². The number of ether oxygens (including phenoxy) is 1. The summed E-state index contributed by atoms with van der Waals surface area (Å²) in [7, 11) is 1.16. The second-order valence-corrected chi connectivity index (χ2v) is 5.31. The summed E-state index contributed by atoms with van der Waals surface area (Å²) in [5.41, 5.74) is 1.04. The van der Waals surface area contributed by atoms with Crippen molar-refractivity contribution in [3.05, 3.63) is 29.8 Å². The van der Waals surface area contributed by atoms with Crippen molar-refractivity contribution in [1.82, 2.24) is 5.32 Å². The number of carboxylic acid groups (broad SMARTS) is 1. The summed E-state index contributed by atoms with van der Waals surface area (Å²) in [6, 6.07) is 6.30. The molecule has 0 unspecified atom stereocenters. The molecule has 114 valence electrons. The van der Waals surface area contributed by atoms with Crippen molar-refractivity contribution in [3.63, 3.8) is 0 Å². The number of carbonyl (C=O) groups is 3. The van der Waals surface area contributed by atoms with Crippen LogP contribution in [0.4, 0.5) is 0 Å². The number of carboxylic acids is 1. The zero-order chi connectivity index (χ0) is 15.8. The van der Waals surface area contributed by atoms with Gasteiger partial charge in [0.25, 0.3) is 0 Å². The molecule has 6 nitrogen and oxygen atoms in total. The molecule has 0 spiro atoms. The highest BCUT2D eigenvalue weighted by Crippen LogP contribution is 2.21. The topological polar surface area (TPSA) is 92.7 Å². The van der Waals surface area contributed by atoms with Crippen LogP contribution < -0.4 is 5.32 Å². The van der Waals surface area contributed by atoms with Crippen molar-refractivity contribution >= 4 is 29.6 Å². The SMILES string of the molecule is COC(=O)C[C@H](NC(=O)CSc1ccccc1C)C(=O)O. The number of hydrogen-bond acceptors (Lipinski definition) is 5. The zero-order valence-electron chi connectivity index (χ0n) is 11.8. The first-order chi connectivity index (χ1) is 9.93. The van der Waals surface area contributed by atoms with Crippen LogP contribution in [0.3, 0.4) is 0 Å². The van der Waals surface area contributed by atoms with E-state index in [-0.39, 0.29) is 5.75 Å². The summed E-state index contributed by atoms with van der Waals surface area (Å²) in [5, 5.41) is 11.3. The Morgan fingerprint density at radius 1 is 1.33 bits per heavy atom. The van der Waals surface area contributed by atoms with Gasteiger partial charge in [-0.2, -0.15) is 0 Å². The van der Waals surface area contributed by atoms with E-state index in [0.717, 1.165) is 17.6 Å². The minimum absolute atomic E-state index is 0.0792. The van der Waals surface area contributed by atoms with Gasteiger partial charge in [0, 0.05) is 4.90 Å². The summed E-state index contributed by atoms with van der Waals surface area (Å²) in [6.45, 7) is 1.93. The van der Waals surface area contributed by atoms with E-state index in [2.05, 4.69) is 10.1 Å². The van der Waals surface area contributed by atoms with Gasteiger partial charge < -0.3 is 15.2 Å². The van der Waals surface area contributed by atoms with Crippen LogP contribution in [-0.4, -0.2) is 41.9 Å². The van der Waals surface area contributed by atoms with Crippen molar-refractivity contribution in [3.8, 4) is 0 Å². The lowest BCUT2D eigenvalue weighted by atomic mass is 10.2. The highest BCUT2D eigenvalue weighted by Gasteiger charge is 2.23. The molecule has 0 radical (unpaired) electrons. The summed E-state index contributed by atoms with van der Waals surface area (Å²) >= 11 is 1.31. The molecule has 0 bridgehead atoms. The third-order valence-electron chi connectivity index (χ3n) is 2.68. The van der Waals surface area contributed by atoms with Gasteiger partial charge in [0.05, 0.1) is 19.3 Å². The quantitative estimate of drug-likeness (QED) is 0.581. The Kier molecular flexibility index (Phi) is 6.74. The molecule has 0 aromatic heterocycles. The Morgan fingerprint density at radius 3 is 2.57 bits per heavy atom. The molecule has 0 aliphatic rings. The van der Waals surface area contributed by atoms with Gasteiger partial charge in [0.2, 0.25) is 5.91 Å². The largest absolute Gasteiger partial charge is 0.480 e. The maximum atomic E-state index is 11.8. The predicted molar refractivity (Wildman–Crippen MR) is 78.1 cm³/mol. The lowest BCUT2D eigenvalue weighted by molar-refractivity contribution is -0.148. The molecule has 0 aliphatic carbocycles. The predicted octanol–water partition coefficient (Wildman–Crippen LogP) is 1.22. The maximum absolute atomic E-state index is 11.8. The molecule has 1 amide bonds. The molecule has 2 N–H and O–H groups in total. The van der Waals surface area contributed by atoms with Gasteiger partial charge in [-0.05, 0) is 18.6 Å². The fourth-order valence-electron chi connectivity index (χ4n) is 1.55. The van der Waals surface area contributed by atoms with E-state index in [9.17, 15) is 14.4 Å². The standard InChI is InChI=1S/C14H17NO5S/c1-9-5-3-4-6-11(9)21-8-12(16)15-10(14(18)19)7-13(17)20-2/h3-6,10H,7-8H2,1-2H3,(H,15,16)(H,18,19)/t10-/m0/s1. The number of hydrogen-bond donors (Lipinski definition) is 2. The summed E-state index contributed by atoms with van der Waals surface area (Å²) in [5.74, 6) is -2.32. The molecule has 0 heterocycles. The highest BCUT2D eigenvalue weighted by atomic mass is 32.2. The molecule has 1 aromatic rings. The Bertz CT molecular complexity index is 532. The van der Waals surface area contributed by atoms with Crippen molar-refractivity contribution in [2.45, 2.75) is 24.3 Å². The maximum Gasteiger partial charge on any atom is 0.326 e. The molecule has 1 atom stereocenters. The van der Waals surface area contributed by atoms with Crippen molar-refractivity contribution in [2.75, 3.05) is 12.9 Å². The molecular weight excluding hydrogens is 294 g/mol. The number of rotatable bonds is 7. The van der Waals surface area contributed by atoms with Gasteiger partial charge in [-0.15, -0.1) is 11.8 Å². The third kappa shape index (κ3) is 5.86. The number of aliphatic carboxylic acids is 1. The van der Waals surface area contributed by atoms with Crippen LogP contribution in [0.25, 0.3) is 0 Å². The van der Waals surface area contributed by atoms with Crippen molar-refractivity contribution in [1.29, 1.82) is 0 Å². The van der Waals surface area contributed by atoms with Gasteiger partial charge in [0.15, 0.2) is 0 Å². The normalized spacial score (nSPS) is 11.5. The summed E-state index contributed by atoms with van der Waals surface area (Å²) in [6.07, 6.45) is -0.396. The first-order valence-corrected chi connectivity index (χ1v) is 7.20. The first-order valence-electron chi connectivity index (χ1n) is 6.21. The molecule has 21 heavy (non-hydrogen) atoms. The molecule has 1 rings (SSSR count). The van der Waals surface area contributed by atoms with E-state index >= 15 is 0 Å². The van der Waals surface area contributed by atoms with Crippen LogP contribution in [0.5, 0.6) is 0 Å². The number of methoxy groups -OCH3 is 1. The van der Waals surface area contributed by atoms with Crippen molar-refractivity contribution in [2.24, 2.45) is 0 Å². The monoisotopic (exact) mass is 311 g/mol. The van der Waals surface area contributed by atoms with Gasteiger partial charge >= 0.3 is 11.9 Å². The second kappa shape index (κ2) is 8.31. The highest BCUT2D eigenvalue weighted by molar-refractivity contribution is 8.00. The van der Waals surface area contributed by atoms with E-state index in [1.807, 2.05) is 31.2 Å². The first kappa shape index (κ1) is 17.0. The van der Waals surface area contributed by atoms with Gasteiger partial charge in [-0.3, -0.25) is 9.59 Å². The molecule has 0 saturated carbocycles. The summed E-state index contributed by atoms with van der Waals surface area (Å²) < 4.78 is 4.40. The number of nitrogens with one attached hydrogen (secondary N) is 1. The zero-order valence-corrected chi connectivity index (χ0v) is 12.6. The minimum atomic E-state index is -1.28. The number of amides is 1. The van der Waals surface area contributed by atoms with E-state index in [1.165, 1.54) is 11.8 Å². The number of esters is 1. The Morgan fingerprint density at radius 2 is 2.00 bits per heavy atom. The number of thioether (sulfide) groups is 1. The Hall–Kier alpha value is -2.02. The molecular formula is C14H17NO5S. The molecule has 0 saturated heterocycles. The van der Waals surface area contributed by atoms with Crippen LogP contribution in [0.2, 0.25) is 0 Å². The van der Waals surface area contributed by atoms with Crippen molar-refractivity contribution < 1.29 is 24.2 Å². The number of aryl methyl sites for hydroxylation is 1. The van der Waals surface area contributed by atoms with Crippen LogP contribution in [0, 0.1) is 6.92 Å². The number of carbonyl (C=O) groups excluding carboxylic acids is 2. The lowest BCUT2D eigenvalue weighted by Crippen LogP contribution is -2.43. The smallest absolute Gasteiger partial charge is 0.326 e. The van der Waals surface area contributed by atoms with Gasteiger partial charge in [-0.1, -0.05) is 18.2 Å². The molecule has 7 heteroatoms. The fourth-order valence-corrected chi connectivity index (χ4v) is 2.39. The molecule has 1 aromatic carbocycles. The van der Waals surface area contributed by atoms with E-state index in [0.29, 0.717) is 0 Å². The second-order valence-electron chi connectivity index (χ2n) is 4.29. The number of benzene rings is 1. The Labute approximate surface area is 126 Å². The average Bonchev–Trinajstić information content (AvgIpc) is 2.45. The summed E-state index contributed by atoms with van der Waals surface area (Å²) in [4.78, 5) is 34.8. The lowest BCUT2D eigenvalue weighted by Gasteiger charge is -2.13. The molecule has 0 fully saturated rings. The van der Waals surface area contributed by atoms with E-state index < -0.39 is 30.3 Å². The average molecular weight is 311 g/mol. The fraction of sp³-hybridized carbons (Fsp3) is 0.357. The Balaban J connectivity index is 2.53. The van der Waals surface area contributed by atoms with Crippen LogP contribution >= 0.6 is 11.8 Å². The third-order valence-corrected chi connectivity index (χ3v) is 3.86. The van der Waals surface area contributed by atoms with Gasteiger partial charge in [0.1, 0.15) is 6.04 Å². The van der Waals surface area contributed by atoms with E-state index in [1.54, 1.807) is 0 Å². The van der Waals surface area contributed by atoms with Crippen LogP contribution in [0.15, 0.2) is 29.2 Å². The minimum Gasteiger partial charge on any atom is -0.480 e.